The smallest absolute Gasteiger partial charge is 0.222 e. The number of anilines is 2. The summed E-state index contributed by atoms with van der Waals surface area (Å²) in [6, 6.07) is 4.92. The molecule has 2 atom stereocenters. The summed E-state index contributed by atoms with van der Waals surface area (Å²) in [5, 5.41) is 16.8. The summed E-state index contributed by atoms with van der Waals surface area (Å²) in [5.41, 5.74) is 0.738. The van der Waals surface area contributed by atoms with Gasteiger partial charge in [0.25, 0.3) is 0 Å². The highest BCUT2D eigenvalue weighted by Crippen LogP contribution is 2.27. The van der Waals surface area contributed by atoms with Gasteiger partial charge < -0.3 is 20.3 Å². The maximum absolute atomic E-state index is 11.1. The van der Waals surface area contributed by atoms with Gasteiger partial charge in [-0.2, -0.15) is 0 Å². The molecule has 0 saturated carbocycles. The zero-order chi connectivity index (χ0) is 18.5. The molecule has 2 heterocycles. The van der Waals surface area contributed by atoms with E-state index in [-0.39, 0.29) is 0 Å². The fraction of sp³-hybridized carbons (Fsp3) is 0.267. The third-order valence-electron chi connectivity index (χ3n) is 3.41. The molecular weight excluding hydrogens is 394 g/mol. The number of rotatable bonds is 8. The zero-order valence-corrected chi connectivity index (χ0v) is 16.2. The van der Waals surface area contributed by atoms with Crippen molar-refractivity contribution in [2.75, 3.05) is 30.0 Å². The van der Waals surface area contributed by atoms with Crippen LogP contribution in [0.2, 0.25) is 0 Å². The van der Waals surface area contributed by atoms with Crippen LogP contribution in [0, 0.1) is 0 Å². The first-order chi connectivity index (χ1) is 12.5. The van der Waals surface area contributed by atoms with Crippen molar-refractivity contribution in [3.63, 3.8) is 0 Å². The van der Waals surface area contributed by atoms with Crippen LogP contribution in [-0.4, -0.2) is 54.3 Å². The van der Waals surface area contributed by atoms with Crippen LogP contribution in [0.1, 0.15) is 0 Å². The molecule has 8 nitrogen and oxygen atoms in total. The molecule has 2 aromatic heterocycles. The third kappa shape index (κ3) is 4.89. The van der Waals surface area contributed by atoms with E-state index < -0.39 is 17.2 Å². The Kier molecular flexibility index (Phi) is 6.38. The first kappa shape index (κ1) is 19.0. The number of fused-ring (bicyclic) bond motifs is 1. The van der Waals surface area contributed by atoms with Gasteiger partial charge in [0.1, 0.15) is 0 Å². The first-order valence-corrected chi connectivity index (χ1v) is 10.7. The molecule has 11 heteroatoms. The van der Waals surface area contributed by atoms with Crippen LogP contribution in [0.5, 0.6) is 0 Å². The van der Waals surface area contributed by atoms with Gasteiger partial charge in [-0.05, 0) is 24.5 Å². The molecule has 26 heavy (non-hydrogen) atoms. The Hall–Kier alpha value is -1.79. The lowest BCUT2D eigenvalue weighted by atomic mass is 10.3. The average molecular weight is 412 g/mol. The molecule has 138 valence electrons. The van der Waals surface area contributed by atoms with Crippen molar-refractivity contribution in [3.8, 4) is 0 Å². The third-order valence-corrected chi connectivity index (χ3v) is 5.73. The van der Waals surface area contributed by atoms with E-state index in [4.69, 9.17) is 4.55 Å². The molecule has 0 amide bonds. The lowest BCUT2D eigenvalue weighted by Crippen LogP contribution is -2.28. The largest absolute Gasteiger partial charge is 0.389 e. The predicted octanol–water partition coefficient (Wildman–Crippen LogP) is 2.27. The van der Waals surface area contributed by atoms with Crippen LogP contribution in [0.4, 0.5) is 11.1 Å². The Balaban J connectivity index is 1.52. The quantitative estimate of drug-likeness (QED) is 0.327. The summed E-state index contributed by atoms with van der Waals surface area (Å²) in [5.74, 6) is 0.464. The number of aliphatic hydroxyl groups is 1. The van der Waals surface area contributed by atoms with Crippen molar-refractivity contribution < 1.29 is 13.9 Å². The second-order valence-corrected chi connectivity index (χ2v) is 8.14. The topological polar surface area (TPSA) is 120 Å². The van der Waals surface area contributed by atoms with Crippen LogP contribution in [0.25, 0.3) is 10.2 Å². The van der Waals surface area contributed by atoms with Crippen molar-refractivity contribution in [3.05, 3.63) is 30.6 Å². The van der Waals surface area contributed by atoms with E-state index in [1.165, 1.54) is 11.3 Å². The van der Waals surface area contributed by atoms with Crippen LogP contribution in [0.15, 0.2) is 40.4 Å². The molecule has 3 aromatic rings. The van der Waals surface area contributed by atoms with E-state index in [9.17, 15) is 9.32 Å². The molecule has 0 saturated heterocycles. The van der Waals surface area contributed by atoms with Gasteiger partial charge in [0.15, 0.2) is 16.2 Å². The molecule has 1 aromatic carbocycles. The van der Waals surface area contributed by atoms with E-state index in [0.29, 0.717) is 29.1 Å². The highest BCUT2D eigenvalue weighted by molar-refractivity contribution is 7.98. The second kappa shape index (κ2) is 8.73. The summed E-state index contributed by atoms with van der Waals surface area (Å²) >= 11 is 0.913. The Morgan fingerprint density at radius 2 is 2.00 bits per heavy atom. The van der Waals surface area contributed by atoms with Gasteiger partial charge in [0.2, 0.25) is 5.95 Å². The standard InChI is InChI=1S/C15H17N5O3S3/c1-24-10-7-17-14(18-8-10)16-5-9(21)6-19-15-20-12-3-2-11(26(22)23)4-13(12)25-15/h2-4,7-9,21H,5-6H2,1H3,(H,19,20)(H,22,23)(H,16,17,18). The normalized spacial score (nSPS) is 13.5. The lowest BCUT2D eigenvalue weighted by molar-refractivity contribution is 0.200. The first-order valence-electron chi connectivity index (χ1n) is 7.58. The minimum Gasteiger partial charge on any atom is -0.389 e. The number of nitrogens with zero attached hydrogens (tertiary/aromatic N) is 3. The SMILES string of the molecule is CSc1cnc(NCC(O)CNc2nc3ccc(S(=O)O)cc3s2)nc1. The number of aliphatic hydroxyl groups excluding tert-OH is 1. The molecule has 0 bridgehead atoms. The van der Waals surface area contributed by atoms with E-state index in [2.05, 4.69) is 25.6 Å². The van der Waals surface area contributed by atoms with Gasteiger partial charge in [-0.3, -0.25) is 0 Å². The molecule has 0 spiro atoms. The highest BCUT2D eigenvalue weighted by Gasteiger charge is 2.10. The van der Waals surface area contributed by atoms with Gasteiger partial charge in [0.05, 0.1) is 21.2 Å². The summed E-state index contributed by atoms with van der Waals surface area (Å²) in [6.07, 6.45) is 4.73. The molecule has 4 N–H and O–H groups in total. The van der Waals surface area contributed by atoms with Crippen molar-refractivity contribution in [2.24, 2.45) is 0 Å². The zero-order valence-electron chi connectivity index (χ0n) is 13.7. The van der Waals surface area contributed by atoms with Crippen LogP contribution < -0.4 is 10.6 Å². The van der Waals surface area contributed by atoms with Gasteiger partial charge >= 0.3 is 0 Å². The number of benzene rings is 1. The van der Waals surface area contributed by atoms with Crippen molar-refractivity contribution in [1.29, 1.82) is 0 Å². The summed E-state index contributed by atoms with van der Waals surface area (Å²) in [6.45, 7) is 0.596. The van der Waals surface area contributed by atoms with Crippen molar-refractivity contribution in [2.45, 2.75) is 15.9 Å². The van der Waals surface area contributed by atoms with Crippen LogP contribution >= 0.6 is 23.1 Å². The van der Waals surface area contributed by atoms with Gasteiger partial charge in [-0.1, -0.05) is 11.3 Å². The fourth-order valence-electron chi connectivity index (χ4n) is 2.09. The highest BCUT2D eigenvalue weighted by atomic mass is 32.2. The number of hydrogen-bond acceptors (Lipinski definition) is 9. The van der Waals surface area contributed by atoms with E-state index in [1.807, 2.05) is 6.26 Å². The maximum Gasteiger partial charge on any atom is 0.222 e. The fourth-order valence-corrected chi connectivity index (χ4v) is 3.79. The number of nitrogens with one attached hydrogen (secondary N) is 2. The second-order valence-electron chi connectivity index (χ2n) is 5.26. The number of thiazole rings is 1. The number of thioether (sulfide) groups is 1. The molecule has 2 unspecified atom stereocenters. The van der Waals surface area contributed by atoms with Crippen LogP contribution in [0.3, 0.4) is 0 Å². The molecule has 0 aliphatic carbocycles. The minimum atomic E-state index is -2.01. The molecule has 0 radical (unpaired) electrons. The average Bonchev–Trinajstić information content (AvgIpc) is 3.07. The molecule has 3 rings (SSSR count). The number of aromatic nitrogens is 3. The van der Waals surface area contributed by atoms with Gasteiger partial charge in [-0.25, -0.2) is 19.2 Å². The Morgan fingerprint density at radius 1 is 1.27 bits per heavy atom. The van der Waals surface area contributed by atoms with E-state index in [0.717, 1.165) is 15.1 Å². The Bertz CT molecular complexity index is 903. The van der Waals surface area contributed by atoms with Crippen LogP contribution in [-0.2, 0) is 11.1 Å². The van der Waals surface area contributed by atoms with E-state index >= 15 is 0 Å². The lowest BCUT2D eigenvalue weighted by Gasteiger charge is -2.12. The molecule has 0 aliphatic heterocycles. The summed E-state index contributed by atoms with van der Waals surface area (Å²) in [4.78, 5) is 14.0. The Morgan fingerprint density at radius 3 is 2.69 bits per heavy atom. The van der Waals surface area contributed by atoms with Crippen molar-refractivity contribution >= 4 is 55.5 Å². The Labute approximate surface area is 160 Å². The monoisotopic (exact) mass is 411 g/mol. The van der Waals surface area contributed by atoms with Crippen molar-refractivity contribution in [1.82, 2.24) is 15.0 Å². The van der Waals surface area contributed by atoms with E-state index in [1.54, 1.807) is 42.4 Å². The maximum atomic E-state index is 11.1. The minimum absolute atomic E-state index is 0.296. The summed E-state index contributed by atoms with van der Waals surface area (Å²) in [7, 11) is 0. The number of hydrogen-bond donors (Lipinski definition) is 4. The molecular formula is C15H17N5O3S3. The predicted molar refractivity (Wildman–Crippen MR) is 105 cm³/mol. The molecule has 0 fully saturated rings. The van der Waals surface area contributed by atoms with Gasteiger partial charge in [-0.15, -0.1) is 11.8 Å². The molecule has 0 aliphatic rings. The van der Waals surface area contributed by atoms with Gasteiger partial charge in [0, 0.05) is 30.4 Å². The summed E-state index contributed by atoms with van der Waals surface area (Å²) < 4.78 is 21.1.